The van der Waals surface area contributed by atoms with E-state index in [1.807, 2.05) is 0 Å². The fraction of sp³-hybridized carbons (Fsp3) is 0.412. The second-order valence-corrected chi connectivity index (χ2v) is 7.97. The van der Waals surface area contributed by atoms with Gasteiger partial charge in [0.1, 0.15) is 17.1 Å². The van der Waals surface area contributed by atoms with Gasteiger partial charge in [-0.2, -0.15) is 8.42 Å². The predicted octanol–water partition coefficient (Wildman–Crippen LogP) is 0.363. The SMILES string of the molecule is [B]Cc1cc(C[B])c(OC(=O)/C=C\C(=O)OC(C)(C)CS(=O)(=O)O)c(C[B])c1. The lowest BCUT2D eigenvalue weighted by Gasteiger charge is -2.22. The van der Waals surface area contributed by atoms with Crippen LogP contribution in [0.25, 0.3) is 0 Å². The van der Waals surface area contributed by atoms with Crippen LogP contribution < -0.4 is 4.74 Å². The van der Waals surface area contributed by atoms with Gasteiger partial charge in [-0.15, -0.1) is 0 Å². The Bertz CT molecular complexity index is 838. The molecule has 6 radical (unpaired) electrons. The molecule has 0 aliphatic rings. The van der Waals surface area contributed by atoms with Crippen molar-refractivity contribution < 1.29 is 32.0 Å². The zero-order valence-corrected chi connectivity index (χ0v) is 16.5. The van der Waals surface area contributed by atoms with E-state index in [4.69, 9.17) is 37.6 Å². The highest BCUT2D eigenvalue weighted by molar-refractivity contribution is 7.85. The highest BCUT2D eigenvalue weighted by atomic mass is 32.2. The molecule has 0 aromatic heterocycles. The molecule has 0 aliphatic carbocycles. The summed E-state index contributed by atoms with van der Waals surface area (Å²) in [4.78, 5) is 23.8. The van der Waals surface area contributed by atoms with Crippen molar-refractivity contribution >= 4 is 45.6 Å². The fourth-order valence-electron chi connectivity index (χ4n) is 2.42. The third-order valence-corrected chi connectivity index (χ3v) is 4.50. The number of esters is 2. The molecule has 1 aromatic carbocycles. The molecule has 7 nitrogen and oxygen atoms in total. The lowest BCUT2D eigenvalue weighted by molar-refractivity contribution is -0.148. The van der Waals surface area contributed by atoms with E-state index in [9.17, 15) is 18.0 Å². The van der Waals surface area contributed by atoms with Crippen LogP contribution in [0.4, 0.5) is 0 Å². The molecular weight excluding hydrogens is 381 g/mol. The fourth-order valence-corrected chi connectivity index (χ4v) is 3.36. The van der Waals surface area contributed by atoms with Crippen LogP contribution in [0.5, 0.6) is 5.75 Å². The first-order valence-electron chi connectivity index (χ1n) is 8.23. The lowest BCUT2D eigenvalue weighted by Crippen LogP contribution is -2.35. The quantitative estimate of drug-likeness (QED) is 0.210. The summed E-state index contributed by atoms with van der Waals surface area (Å²) in [6.07, 6.45) is 2.03. The Morgan fingerprint density at radius 1 is 1.04 bits per heavy atom. The molecule has 0 heterocycles. The third-order valence-electron chi connectivity index (χ3n) is 3.44. The number of carbonyl (C=O) groups excluding carboxylic acids is 2. The molecule has 0 fully saturated rings. The van der Waals surface area contributed by atoms with Gasteiger partial charge in [0, 0.05) is 12.2 Å². The highest BCUT2D eigenvalue weighted by Gasteiger charge is 2.28. The van der Waals surface area contributed by atoms with E-state index in [0.29, 0.717) is 11.1 Å². The monoisotopic (exact) mass is 400 g/mol. The van der Waals surface area contributed by atoms with Crippen LogP contribution in [-0.2, 0) is 43.4 Å². The van der Waals surface area contributed by atoms with Crippen molar-refractivity contribution in [1.29, 1.82) is 0 Å². The van der Waals surface area contributed by atoms with E-state index in [-0.39, 0.29) is 24.7 Å². The summed E-state index contributed by atoms with van der Waals surface area (Å²) < 4.78 is 40.8. The van der Waals surface area contributed by atoms with Crippen molar-refractivity contribution in [3.05, 3.63) is 41.0 Å². The van der Waals surface area contributed by atoms with Crippen LogP contribution in [0.3, 0.4) is 0 Å². The minimum absolute atomic E-state index is 0.0824. The summed E-state index contributed by atoms with van der Waals surface area (Å²) in [6.45, 7) is 2.59. The van der Waals surface area contributed by atoms with Gasteiger partial charge < -0.3 is 9.47 Å². The van der Waals surface area contributed by atoms with E-state index >= 15 is 0 Å². The normalized spacial score (nSPS) is 12.1. The lowest BCUT2D eigenvalue weighted by atomic mass is 9.85. The average molecular weight is 400 g/mol. The maximum Gasteiger partial charge on any atom is 0.336 e. The van der Waals surface area contributed by atoms with Crippen LogP contribution >= 0.6 is 0 Å². The number of carbonyl (C=O) groups is 2. The molecular formula is C17H19B3O7S. The van der Waals surface area contributed by atoms with Crippen LogP contribution in [0.15, 0.2) is 24.3 Å². The molecule has 0 aliphatic heterocycles. The van der Waals surface area contributed by atoms with E-state index < -0.39 is 33.4 Å². The molecule has 0 bridgehead atoms. The maximum absolute atomic E-state index is 12.0. The predicted molar refractivity (Wildman–Crippen MR) is 106 cm³/mol. The smallest absolute Gasteiger partial charge is 0.336 e. The molecule has 144 valence electrons. The number of benzene rings is 1. The Hall–Kier alpha value is -2.00. The van der Waals surface area contributed by atoms with Crippen molar-refractivity contribution in [2.45, 2.75) is 38.4 Å². The molecule has 0 spiro atoms. The highest BCUT2D eigenvalue weighted by Crippen LogP contribution is 2.27. The van der Waals surface area contributed by atoms with Crippen molar-refractivity contribution in [3.8, 4) is 5.75 Å². The van der Waals surface area contributed by atoms with Crippen molar-refractivity contribution in [1.82, 2.24) is 0 Å². The molecule has 0 unspecified atom stereocenters. The van der Waals surface area contributed by atoms with Gasteiger partial charge in [-0.3, -0.25) is 4.55 Å². The van der Waals surface area contributed by atoms with Gasteiger partial charge in [-0.1, -0.05) is 36.7 Å². The molecule has 1 N–H and O–H groups in total. The number of rotatable bonds is 9. The molecule has 0 atom stereocenters. The maximum atomic E-state index is 12.0. The van der Waals surface area contributed by atoms with Crippen molar-refractivity contribution in [2.75, 3.05) is 5.75 Å². The summed E-state index contributed by atoms with van der Waals surface area (Å²) in [7, 11) is 12.6. The van der Waals surface area contributed by atoms with Crippen LogP contribution in [-0.4, -0.2) is 59.8 Å². The third kappa shape index (κ3) is 7.94. The Morgan fingerprint density at radius 2 is 1.54 bits per heavy atom. The van der Waals surface area contributed by atoms with E-state index in [1.165, 1.54) is 13.8 Å². The van der Waals surface area contributed by atoms with Gasteiger partial charge in [0.05, 0.1) is 23.5 Å². The average Bonchev–Trinajstić information content (AvgIpc) is 2.57. The first-order chi connectivity index (χ1) is 12.9. The first-order valence-corrected chi connectivity index (χ1v) is 9.84. The van der Waals surface area contributed by atoms with Crippen LogP contribution in [0.1, 0.15) is 30.5 Å². The molecule has 0 saturated heterocycles. The first kappa shape index (κ1) is 24.0. The summed E-state index contributed by atoms with van der Waals surface area (Å²) in [5.41, 5.74) is 0.348. The second-order valence-electron chi connectivity index (χ2n) is 6.52. The Labute approximate surface area is 168 Å². The van der Waals surface area contributed by atoms with Crippen molar-refractivity contribution in [3.63, 3.8) is 0 Å². The van der Waals surface area contributed by atoms with Crippen molar-refractivity contribution in [2.24, 2.45) is 0 Å². The molecule has 1 aromatic rings. The largest absolute Gasteiger partial charge is 0.455 e. The van der Waals surface area contributed by atoms with E-state index in [1.54, 1.807) is 12.1 Å². The topological polar surface area (TPSA) is 107 Å². The Morgan fingerprint density at radius 3 is 1.96 bits per heavy atom. The molecule has 28 heavy (non-hydrogen) atoms. The van der Waals surface area contributed by atoms with E-state index in [2.05, 4.69) is 0 Å². The molecule has 1 rings (SSSR count). The zero-order chi connectivity index (χ0) is 21.5. The van der Waals surface area contributed by atoms with Gasteiger partial charge in [0.2, 0.25) is 0 Å². The van der Waals surface area contributed by atoms with Crippen LogP contribution in [0, 0.1) is 0 Å². The zero-order valence-electron chi connectivity index (χ0n) is 15.7. The van der Waals surface area contributed by atoms with Gasteiger partial charge >= 0.3 is 11.9 Å². The van der Waals surface area contributed by atoms with Gasteiger partial charge in [0.15, 0.2) is 0 Å². The van der Waals surface area contributed by atoms with E-state index in [0.717, 1.165) is 17.7 Å². The Balaban J connectivity index is 2.88. The Kier molecular flexibility index (Phi) is 8.57. The van der Waals surface area contributed by atoms with Gasteiger partial charge in [-0.05, 0) is 25.0 Å². The minimum Gasteiger partial charge on any atom is -0.455 e. The number of hydrogen-bond donors (Lipinski definition) is 1. The van der Waals surface area contributed by atoms with Gasteiger partial charge in [-0.25, -0.2) is 9.59 Å². The standard InChI is InChI=1S/C17H19B3O7S/c1-17(2,10-28(23,24)25)27-15(22)4-3-14(21)26-16-12(8-19)5-11(7-18)6-13(16)9-20/h3-6H,7-10H2,1-2H3,(H,23,24,25)/b4-3-. The molecule has 11 heteroatoms. The molecule has 0 amide bonds. The summed E-state index contributed by atoms with van der Waals surface area (Å²) in [5, 5.41) is 0. The second kappa shape index (κ2) is 9.98. The number of hydrogen-bond acceptors (Lipinski definition) is 6. The van der Waals surface area contributed by atoms with Gasteiger partial charge in [0.25, 0.3) is 10.1 Å². The minimum atomic E-state index is -4.35. The summed E-state index contributed by atoms with van der Waals surface area (Å²) >= 11 is 0. The van der Waals surface area contributed by atoms with Crippen LogP contribution in [0.2, 0.25) is 0 Å². The number of ether oxygens (including phenoxy) is 2. The summed E-state index contributed by atoms with van der Waals surface area (Å²) in [6, 6.07) is 3.38. The molecule has 0 saturated carbocycles. The summed E-state index contributed by atoms with van der Waals surface area (Å²) in [5.74, 6) is -2.47.